The van der Waals surface area contributed by atoms with E-state index in [2.05, 4.69) is 51.1 Å². The summed E-state index contributed by atoms with van der Waals surface area (Å²) in [6.45, 7) is 12.0. The molecule has 2 aliphatic heterocycles. The van der Waals surface area contributed by atoms with E-state index in [1.807, 2.05) is 32.9 Å². The van der Waals surface area contributed by atoms with E-state index >= 15 is 0 Å². The normalized spacial score (nSPS) is 16.5. The van der Waals surface area contributed by atoms with E-state index in [-0.39, 0.29) is 18.1 Å². The number of carbonyl (C=O) groups excluding carboxylic acids is 2. The molecule has 2 aliphatic rings. The molecule has 2 amide bonds. The maximum atomic E-state index is 12.4. The number of aromatic nitrogens is 2. The molecule has 2 aromatic rings. The van der Waals surface area contributed by atoms with Crippen LogP contribution in [0, 0.1) is 0 Å². The van der Waals surface area contributed by atoms with Crippen LogP contribution >= 0.6 is 0 Å². The van der Waals surface area contributed by atoms with Crippen molar-refractivity contribution in [1.82, 2.24) is 19.8 Å². The summed E-state index contributed by atoms with van der Waals surface area (Å²) in [6, 6.07) is 5.99. The second-order valence-electron chi connectivity index (χ2n) is 12.1. The maximum absolute atomic E-state index is 12.4. The fourth-order valence-corrected chi connectivity index (χ4v) is 5.25. The van der Waals surface area contributed by atoms with Crippen LogP contribution in [0.1, 0.15) is 46.5 Å². The molecule has 12 nitrogen and oxygen atoms in total. The molecule has 43 heavy (non-hydrogen) atoms. The van der Waals surface area contributed by atoms with E-state index < -0.39 is 5.60 Å². The van der Waals surface area contributed by atoms with Crippen molar-refractivity contribution in [2.75, 3.05) is 62.9 Å². The van der Waals surface area contributed by atoms with Crippen LogP contribution in [0.2, 0.25) is 0 Å². The van der Waals surface area contributed by atoms with Crippen molar-refractivity contribution in [3.8, 4) is 11.6 Å². The summed E-state index contributed by atoms with van der Waals surface area (Å²) < 4.78 is 17.4. The summed E-state index contributed by atoms with van der Waals surface area (Å²) in [4.78, 5) is 39.9. The Balaban J connectivity index is 1.46. The summed E-state index contributed by atoms with van der Waals surface area (Å²) in [5.41, 5.74) is 1.58. The molecule has 0 aliphatic carbocycles. The van der Waals surface area contributed by atoms with Crippen molar-refractivity contribution >= 4 is 35.0 Å². The number of amides is 2. The van der Waals surface area contributed by atoms with Gasteiger partial charge in [-0.15, -0.1) is 0 Å². The largest absolute Gasteiger partial charge is 0.494 e. The topological polar surface area (TPSA) is 121 Å². The van der Waals surface area contributed by atoms with Crippen LogP contribution in [-0.4, -0.2) is 96.9 Å². The minimum Gasteiger partial charge on any atom is -0.494 e. The number of hydrogen-bond donors (Lipinski definition) is 2. The van der Waals surface area contributed by atoms with Gasteiger partial charge in [0.15, 0.2) is 0 Å². The van der Waals surface area contributed by atoms with E-state index in [4.69, 9.17) is 14.2 Å². The Kier molecular flexibility index (Phi) is 10.3. The van der Waals surface area contributed by atoms with Gasteiger partial charge in [0.1, 0.15) is 17.5 Å². The van der Waals surface area contributed by atoms with Gasteiger partial charge in [-0.3, -0.25) is 4.79 Å². The van der Waals surface area contributed by atoms with Crippen molar-refractivity contribution < 1.29 is 23.8 Å². The Morgan fingerprint density at radius 3 is 2.37 bits per heavy atom. The van der Waals surface area contributed by atoms with E-state index in [1.165, 1.54) is 6.08 Å². The molecule has 0 atom stereocenters. The predicted octanol–water partition coefficient (Wildman–Crippen LogP) is 4.66. The average molecular weight is 596 g/mol. The molecule has 12 heteroatoms. The number of benzene rings is 1. The number of ether oxygens (including phenoxy) is 3. The van der Waals surface area contributed by atoms with Crippen LogP contribution in [0.4, 0.5) is 27.8 Å². The first-order valence-corrected chi connectivity index (χ1v) is 14.8. The minimum atomic E-state index is -0.529. The Morgan fingerprint density at radius 2 is 1.77 bits per heavy atom. The van der Waals surface area contributed by atoms with E-state index in [0.29, 0.717) is 60.9 Å². The van der Waals surface area contributed by atoms with Crippen LogP contribution in [0.5, 0.6) is 11.6 Å². The molecule has 1 aromatic heterocycles. The van der Waals surface area contributed by atoms with Crippen LogP contribution in [-0.2, 0) is 9.53 Å². The molecule has 2 saturated heterocycles. The molecule has 0 saturated carbocycles. The maximum Gasteiger partial charge on any atom is 0.410 e. The highest BCUT2D eigenvalue weighted by atomic mass is 16.6. The highest BCUT2D eigenvalue weighted by Crippen LogP contribution is 2.39. The van der Waals surface area contributed by atoms with Gasteiger partial charge in [-0.1, -0.05) is 6.58 Å². The third kappa shape index (κ3) is 8.73. The van der Waals surface area contributed by atoms with Gasteiger partial charge in [0.25, 0.3) is 0 Å². The number of anilines is 4. The molecule has 1 aromatic carbocycles. The van der Waals surface area contributed by atoms with Gasteiger partial charge < -0.3 is 39.5 Å². The summed E-state index contributed by atoms with van der Waals surface area (Å²) in [6.07, 6.45) is 5.85. The summed E-state index contributed by atoms with van der Waals surface area (Å²) >= 11 is 0. The lowest BCUT2D eigenvalue weighted by Crippen LogP contribution is -2.44. The smallest absolute Gasteiger partial charge is 0.410 e. The number of hydrogen-bond acceptors (Lipinski definition) is 10. The second kappa shape index (κ2) is 13.9. The fourth-order valence-electron chi connectivity index (χ4n) is 5.25. The van der Waals surface area contributed by atoms with Gasteiger partial charge in [-0.25, -0.2) is 9.78 Å². The van der Waals surface area contributed by atoms with Crippen molar-refractivity contribution in [3.63, 3.8) is 0 Å². The zero-order valence-electron chi connectivity index (χ0n) is 26.2. The number of nitrogens with one attached hydrogen (secondary N) is 2. The van der Waals surface area contributed by atoms with Crippen molar-refractivity contribution in [2.45, 2.75) is 64.2 Å². The molecular weight excluding hydrogens is 550 g/mol. The van der Waals surface area contributed by atoms with Crippen LogP contribution < -0.4 is 25.0 Å². The van der Waals surface area contributed by atoms with Gasteiger partial charge in [-0.05, 0) is 59.9 Å². The minimum absolute atomic E-state index is 0.0902. The lowest BCUT2D eigenvalue weighted by molar-refractivity contribution is -0.111. The van der Waals surface area contributed by atoms with E-state index in [0.717, 1.165) is 31.6 Å². The zero-order valence-corrected chi connectivity index (χ0v) is 26.2. The van der Waals surface area contributed by atoms with Gasteiger partial charge in [-0.2, -0.15) is 4.98 Å². The molecule has 0 bridgehead atoms. The van der Waals surface area contributed by atoms with Gasteiger partial charge in [0.2, 0.25) is 17.7 Å². The standard InChI is InChI=1S/C31H45N7O5/c1-8-27(39)33-23-19-24(26(41-7)20-25(23)37-15-10-21(11-16-37)36(5)6)34-29-32-14-9-28(35-29)42-22-12-17-38(18-13-22)30(40)43-31(2,3)4/h8-9,14,19-22H,1,10-13,15-18H2,2-7H3,(H,33,39)(H,32,34,35). The van der Waals surface area contributed by atoms with Gasteiger partial charge in [0, 0.05) is 63.4 Å². The quantitative estimate of drug-likeness (QED) is 0.396. The average Bonchev–Trinajstić information content (AvgIpc) is 2.97. The Bertz CT molecular complexity index is 1280. The monoisotopic (exact) mass is 595 g/mol. The molecule has 3 heterocycles. The molecule has 4 rings (SSSR count). The summed E-state index contributed by atoms with van der Waals surface area (Å²) in [5, 5.41) is 6.18. The van der Waals surface area contributed by atoms with Gasteiger partial charge >= 0.3 is 6.09 Å². The van der Waals surface area contributed by atoms with Crippen LogP contribution in [0.25, 0.3) is 0 Å². The molecule has 2 N–H and O–H groups in total. The lowest BCUT2D eigenvalue weighted by atomic mass is 10.0. The van der Waals surface area contributed by atoms with Crippen LogP contribution in [0.15, 0.2) is 37.1 Å². The third-order valence-electron chi connectivity index (χ3n) is 7.55. The Labute approximate surface area is 254 Å². The molecule has 2 fully saturated rings. The number of rotatable bonds is 9. The SMILES string of the molecule is C=CC(=O)Nc1cc(Nc2nccc(OC3CCN(C(=O)OC(C)(C)C)CC3)n2)c(OC)cc1N1CCC(N(C)C)CC1. The number of nitrogens with zero attached hydrogens (tertiary/aromatic N) is 5. The van der Waals surface area contributed by atoms with Crippen molar-refractivity contribution in [2.24, 2.45) is 0 Å². The van der Waals surface area contributed by atoms with Gasteiger partial charge in [0.05, 0.1) is 24.2 Å². The summed E-state index contributed by atoms with van der Waals surface area (Å²) in [7, 11) is 5.82. The predicted molar refractivity (Wildman–Crippen MR) is 168 cm³/mol. The highest BCUT2D eigenvalue weighted by Gasteiger charge is 2.28. The first kappa shape index (κ1) is 31.9. The number of piperidine rings is 2. The molecule has 0 unspecified atom stereocenters. The van der Waals surface area contributed by atoms with Crippen molar-refractivity contribution in [3.05, 3.63) is 37.1 Å². The molecule has 0 spiro atoms. The zero-order chi connectivity index (χ0) is 31.1. The lowest BCUT2D eigenvalue weighted by Gasteiger charge is -2.37. The second-order valence-corrected chi connectivity index (χ2v) is 12.1. The number of carbonyl (C=O) groups is 2. The molecule has 234 valence electrons. The number of likely N-dealkylation sites (tertiary alicyclic amines) is 1. The Morgan fingerprint density at radius 1 is 1.07 bits per heavy atom. The first-order valence-electron chi connectivity index (χ1n) is 14.8. The number of methoxy groups -OCH3 is 1. The molecular formula is C31H45N7O5. The highest BCUT2D eigenvalue weighted by molar-refractivity contribution is 6.02. The van der Waals surface area contributed by atoms with Crippen LogP contribution in [0.3, 0.4) is 0 Å². The van der Waals surface area contributed by atoms with E-state index in [9.17, 15) is 9.59 Å². The Hall–Kier alpha value is -4.06. The summed E-state index contributed by atoms with van der Waals surface area (Å²) in [5.74, 6) is 1.03. The fraction of sp³-hybridized carbons (Fsp3) is 0.548. The third-order valence-corrected chi connectivity index (χ3v) is 7.55. The van der Waals surface area contributed by atoms with E-state index in [1.54, 1.807) is 24.3 Å². The van der Waals surface area contributed by atoms with Crippen molar-refractivity contribution in [1.29, 1.82) is 0 Å². The first-order chi connectivity index (χ1) is 20.5. The molecule has 0 radical (unpaired) electrons.